The monoisotopic (exact) mass is 413 g/mol. The maximum Gasteiger partial charge on any atom is 0.257 e. The zero-order valence-electron chi connectivity index (χ0n) is 16.8. The fourth-order valence-corrected chi connectivity index (χ4v) is 4.87. The van der Waals surface area contributed by atoms with E-state index in [4.69, 9.17) is 0 Å². The number of rotatable bonds is 4. The summed E-state index contributed by atoms with van der Waals surface area (Å²) in [6.45, 7) is 6.19. The number of allylic oxidation sites excluding steroid dienone is 2. The maximum atomic E-state index is 13.5. The summed E-state index contributed by atoms with van der Waals surface area (Å²) in [7, 11) is 0. The molecule has 29 heavy (non-hydrogen) atoms. The third kappa shape index (κ3) is 3.75. The molecule has 0 spiro atoms. The number of anilines is 1. The van der Waals surface area contributed by atoms with Gasteiger partial charge in [0.2, 0.25) is 0 Å². The number of aromatic amines is 1. The van der Waals surface area contributed by atoms with Gasteiger partial charge < -0.3 is 10.3 Å². The molecule has 2 aromatic rings. The largest absolute Gasteiger partial charge is 0.343 e. The van der Waals surface area contributed by atoms with Crippen molar-refractivity contribution < 1.29 is 9.18 Å². The van der Waals surface area contributed by atoms with Crippen LogP contribution in [-0.2, 0) is 4.79 Å². The maximum absolute atomic E-state index is 13.5. The Bertz CT molecular complexity index is 1060. The number of carbonyl (C=O) groups excluding carboxylic acids is 1. The third-order valence-electron chi connectivity index (χ3n) is 5.35. The predicted octanol–water partition coefficient (Wildman–Crippen LogP) is 4.61. The van der Waals surface area contributed by atoms with E-state index in [9.17, 15) is 14.0 Å². The molecule has 1 aliphatic carbocycles. The summed E-state index contributed by atoms with van der Waals surface area (Å²) in [4.78, 5) is 33.7. The highest BCUT2D eigenvalue weighted by atomic mass is 32.2. The Hall–Kier alpha value is -2.41. The fourth-order valence-electron chi connectivity index (χ4n) is 4.15. The standard InChI is InChI=1S/C22H24FN3O2S/c1-4-9-29-21-25-19-18(20(28)26-21)16(12-5-7-13(23)8-6-12)17-14(24-19)10-22(2,3)11-15(17)27/h5-8,16H,4,9-11H2,1-3H3,(H2,24,25,26,28). The van der Waals surface area contributed by atoms with Crippen molar-refractivity contribution in [2.45, 2.75) is 51.1 Å². The molecule has 2 N–H and O–H groups in total. The van der Waals surface area contributed by atoms with E-state index in [1.165, 1.54) is 23.9 Å². The molecular formula is C22H24FN3O2S. The second-order valence-corrected chi connectivity index (χ2v) is 9.51. The van der Waals surface area contributed by atoms with E-state index < -0.39 is 5.92 Å². The number of carbonyl (C=O) groups is 1. The molecule has 0 saturated heterocycles. The molecule has 1 atom stereocenters. The quantitative estimate of drug-likeness (QED) is 0.565. The van der Waals surface area contributed by atoms with Gasteiger partial charge in [0, 0.05) is 29.4 Å². The first-order chi connectivity index (χ1) is 13.8. The molecule has 7 heteroatoms. The van der Waals surface area contributed by atoms with Crippen molar-refractivity contribution in [1.82, 2.24) is 9.97 Å². The first kappa shape index (κ1) is 19.9. The van der Waals surface area contributed by atoms with Gasteiger partial charge in [-0.25, -0.2) is 9.37 Å². The van der Waals surface area contributed by atoms with Crippen LogP contribution in [0, 0.1) is 11.2 Å². The number of thioether (sulfide) groups is 1. The lowest BCUT2D eigenvalue weighted by molar-refractivity contribution is -0.118. The Morgan fingerprint density at radius 3 is 2.62 bits per heavy atom. The van der Waals surface area contributed by atoms with Crippen LogP contribution in [0.5, 0.6) is 0 Å². The van der Waals surface area contributed by atoms with Gasteiger partial charge in [-0.05, 0) is 36.0 Å². The molecule has 1 unspecified atom stereocenters. The highest BCUT2D eigenvalue weighted by Crippen LogP contribution is 2.47. The van der Waals surface area contributed by atoms with Gasteiger partial charge in [-0.3, -0.25) is 9.59 Å². The summed E-state index contributed by atoms with van der Waals surface area (Å²) < 4.78 is 13.5. The Morgan fingerprint density at radius 2 is 1.93 bits per heavy atom. The van der Waals surface area contributed by atoms with E-state index in [0.717, 1.165) is 23.4 Å². The number of ketones is 1. The van der Waals surface area contributed by atoms with Gasteiger partial charge in [-0.15, -0.1) is 0 Å². The van der Waals surface area contributed by atoms with E-state index >= 15 is 0 Å². The minimum absolute atomic E-state index is 0.0209. The number of nitrogens with zero attached hydrogens (tertiary/aromatic N) is 1. The first-order valence-electron chi connectivity index (χ1n) is 9.85. The van der Waals surface area contributed by atoms with Gasteiger partial charge in [-0.1, -0.05) is 44.7 Å². The molecule has 2 aliphatic rings. The molecule has 2 heterocycles. The van der Waals surface area contributed by atoms with Crippen LogP contribution in [0.25, 0.3) is 0 Å². The zero-order chi connectivity index (χ0) is 20.8. The van der Waals surface area contributed by atoms with E-state index in [-0.39, 0.29) is 22.6 Å². The number of aromatic nitrogens is 2. The summed E-state index contributed by atoms with van der Waals surface area (Å²) in [6.07, 6.45) is 2.07. The van der Waals surface area contributed by atoms with Gasteiger partial charge in [-0.2, -0.15) is 0 Å². The predicted molar refractivity (Wildman–Crippen MR) is 113 cm³/mol. The second kappa shape index (κ2) is 7.44. The van der Waals surface area contributed by atoms with Crippen LogP contribution in [0.2, 0.25) is 0 Å². The van der Waals surface area contributed by atoms with Crippen molar-refractivity contribution in [1.29, 1.82) is 0 Å². The van der Waals surface area contributed by atoms with Crippen molar-refractivity contribution in [2.24, 2.45) is 5.41 Å². The smallest absolute Gasteiger partial charge is 0.257 e. The number of nitrogens with one attached hydrogen (secondary N) is 2. The van der Waals surface area contributed by atoms with Crippen LogP contribution in [0.15, 0.2) is 45.5 Å². The summed E-state index contributed by atoms with van der Waals surface area (Å²) in [5, 5.41) is 3.86. The summed E-state index contributed by atoms with van der Waals surface area (Å²) >= 11 is 1.50. The van der Waals surface area contributed by atoms with Crippen molar-refractivity contribution >= 4 is 23.4 Å². The molecule has 0 radical (unpaired) electrons. The molecule has 152 valence electrons. The minimum Gasteiger partial charge on any atom is -0.343 e. The van der Waals surface area contributed by atoms with Gasteiger partial charge in [0.15, 0.2) is 10.9 Å². The number of halogens is 1. The molecule has 4 rings (SSSR count). The first-order valence-corrected chi connectivity index (χ1v) is 10.8. The normalized spacial score (nSPS) is 20.1. The van der Waals surface area contributed by atoms with Crippen molar-refractivity contribution in [3.63, 3.8) is 0 Å². The molecule has 0 fully saturated rings. The molecule has 0 amide bonds. The Balaban J connectivity index is 1.91. The van der Waals surface area contributed by atoms with E-state index in [1.54, 1.807) is 12.1 Å². The van der Waals surface area contributed by atoms with Gasteiger partial charge >= 0.3 is 0 Å². The average Bonchev–Trinajstić information content (AvgIpc) is 2.64. The number of H-pyrrole nitrogens is 1. The Kier molecular flexibility index (Phi) is 5.11. The van der Waals surface area contributed by atoms with Crippen LogP contribution < -0.4 is 10.9 Å². The van der Waals surface area contributed by atoms with Crippen LogP contribution in [0.4, 0.5) is 10.2 Å². The van der Waals surface area contributed by atoms with E-state index in [0.29, 0.717) is 35.0 Å². The molecule has 5 nitrogen and oxygen atoms in total. The molecule has 0 bridgehead atoms. The second-order valence-electron chi connectivity index (χ2n) is 8.42. The van der Waals surface area contributed by atoms with Crippen molar-refractivity contribution in [3.8, 4) is 0 Å². The summed E-state index contributed by atoms with van der Waals surface area (Å²) in [6, 6.07) is 6.01. The van der Waals surface area contributed by atoms with Gasteiger partial charge in [0.25, 0.3) is 5.56 Å². The lowest BCUT2D eigenvalue weighted by atomic mass is 9.69. The minimum atomic E-state index is -0.549. The van der Waals surface area contributed by atoms with E-state index in [1.807, 2.05) is 0 Å². The number of hydrogen-bond acceptors (Lipinski definition) is 5. The third-order valence-corrected chi connectivity index (χ3v) is 6.43. The number of benzene rings is 1. The highest BCUT2D eigenvalue weighted by molar-refractivity contribution is 7.99. The number of Topliss-reactive ketones (excluding diaryl/α,β-unsaturated/α-hetero) is 1. The fraction of sp³-hybridized carbons (Fsp3) is 0.409. The van der Waals surface area contributed by atoms with Crippen molar-refractivity contribution in [2.75, 3.05) is 11.1 Å². The summed E-state index contributed by atoms with van der Waals surface area (Å²) in [5.41, 5.74) is 2.12. The number of hydrogen-bond donors (Lipinski definition) is 2. The molecule has 1 aromatic carbocycles. The average molecular weight is 414 g/mol. The van der Waals surface area contributed by atoms with Crippen LogP contribution >= 0.6 is 11.8 Å². The molecular weight excluding hydrogens is 389 g/mol. The van der Waals surface area contributed by atoms with E-state index in [2.05, 4.69) is 36.1 Å². The van der Waals surface area contributed by atoms with Gasteiger partial charge in [0.05, 0.1) is 5.56 Å². The molecule has 1 aromatic heterocycles. The Morgan fingerprint density at radius 1 is 1.21 bits per heavy atom. The topological polar surface area (TPSA) is 74.8 Å². The Labute approximate surface area is 173 Å². The van der Waals surface area contributed by atoms with Gasteiger partial charge in [0.1, 0.15) is 11.6 Å². The van der Waals surface area contributed by atoms with Crippen LogP contribution in [0.3, 0.4) is 0 Å². The van der Waals surface area contributed by atoms with Crippen LogP contribution in [-0.4, -0.2) is 21.5 Å². The molecule has 1 aliphatic heterocycles. The lowest BCUT2D eigenvalue weighted by Gasteiger charge is -2.38. The number of fused-ring (bicyclic) bond motifs is 1. The zero-order valence-corrected chi connectivity index (χ0v) is 17.6. The highest BCUT2D eigenvalue weighted by Gasteiger charge is 2.42. The summed E-state index contributed by atoms with van der Waals surface area (Å²) in [5.74, 6) is 0.458. The van der Waals surface area contributed by atoms with Crippen LogP contribution in [0.1, 0.15) is 57.1 Å². The molecule has 0 saturated carbocycles. The lowest BCUT2D eigenvalue weighted by Crippen LogP contribution is -2.37. The van der Waals surface area contributed by atoms with Crippen molar-refractivity contribution in [3.05, 3.63) is 62.8 Å². The SMILES string of the molecule is CCCSc1nc2c(c(=O)[nH]1)C(c1ccc(F)cc1)C1=C(CC(C)(C)CC1=O)N2.